The number of hydrogen-bond acceptors (Lipinski definition) is 4. The Balaban J connectivity index is 2.13. The number of carbonyl (C=O) groups excluding carboxylic acids is 2. The van der Waals surface area contributed by atoms with Crippen molar-refractivity contribution in [2.45, 2.75) is 45.2 Å². The van der Waals surface area contributed by atoms with E-state index in [0.29, 0.717) is 25.4 Å². The van der Waals surface area contributed by atoms with Crippen molar-refractivity contribution < 1.29 is 14.3 Å². The zero-order valence-electron chi connectivity index (χ0n) is 14.5. The number of carbonyl (C=O) groups is 2. The molecular formula is C18H27N3O3. The van der Waals surface area contributed by atoms with E-state index in [2.05, 4.69) is 5.32 Å². The average molecular weight is 333 g/mol. The molecule has 1 fully saturated rings. The molecule has 1 aliphatic heterocycles. The summed E-state index contributed by atoms with van der Waals surface area (Å²) in [6, 6.07) is 7.31. The predicted octanol–water partition coefficient (Wildman–Crippen LogP) is 1.60. The maximum atomic E-state index is 12.6. The van der Waals surface area contributed by atoms with E-state index in [4.69, 9.17) is 10.5 Å². The third-order valence-electron chi connectivity index (χ3n) is 4.24. The second-order valence-electron chi connectivity index (χ2n) is 6.15. The summed E-state index contributed by atoms with van der Waals surface area (Å²) in [5.41, 5.74) is 6.73. The van der Waals surface area contributed by atoms with Crippen LogP contribution in [-0.2, 0) is 9.59 Å². The minimum absolute atomic E-state index is 0.0342. The highest BCUT2D eigenvalue weighted by Crippen LogP contribution is 2.28. The minimum atomic E-state index is -0.395. The van der Waals surface area contributed by atoms with E-state index in [1.165, 1.54) is 6.92 Å². The largest absolute Gasteiger partial charge is 0.494 e. The highest BCUT2D eigenvalue weighted by molar-refractivity contribution is 5.79. The summed E-state index contributed by atoms with van der Waals surface area (Å²) >= 11 is 0. The number of para-hydroxylation sites is 1. The van der Waals surface area contributed by atoms with Crippen LogP contribution in [0.15, 0.2) is 24.3 Å². The zero-order chi connectivity index (χ0) is 17.5. The van der Waals surface area contributed by atoms with Crippen LogP contribution in [0, 0.1) is 0 Å². The van der Waals surface area contributed by atoms with Crippen molar-refractivity contribution in [1.82, 2.24) is 10.2 Å². The van der Waals surface area contributed by atoms with Gasteiger partial charge in [0.05, 0.1) is 19.1 Å². The van der Waals surface area contributed by atoms with E-state index in [0.717, 1.165) is 18.4 Å². The lowest BCUT2D eigenvalue weighted by atomic mass is 10.00. The number of ether oxygens (including phenoxy) is 1. The second kappa shape index (κ2) is 8.68. The molecule has 1 aromatic rings. The molecule has 3 N–H and O–H groups in total. The Labute approximate surface area is 143 Å². The third kappa shape index (κ3) is 4.96. The first kappa shape index (κ1) is 18.3. The summed E-state index contributed by atoms with van der Waals surface area (Å²) in [6.07, 6.45) is 1.87. The van der Waals surface area contributed by atoms with Crippen molar-refractivity contribution in [2.75, 3.05) is 19.7 Å². The first-order valence-electron chi connectivity index (χ1n) is 8.53. The quantitative estimate of drug-likeness (QED) is 0.828. The Morgan fingerprint density at radius 1 is 1.33 bits per heavy atom. The van der Waals surface area contributed by atoms with E-state index in [1.807, 2.05) is 36.1 Å². The number of amides is 2. The molecule has 1 heterocycles. The molecule has 0 radical (unpaired) electrons. The molecule has 1 atom stereocenters. The highest BCUT2D eigenvalue weighted by Gasteiger charge is 2.26. The van der Waals surface area contributed by atoms with E-state index in [-0.39, 0.29) is 24.3 Å². The molecule has 2 amide bonds. The van der Waals surface area contributed by atoms with Gasteiger partial charge >= 0.3 is 0 Å². The molecule has 2 rings (SSSR count). The van der Waals surface area contributed by atoms with Crippen LogP contribution in [0.25, 0.3) is 0 Å². The summed E-state index contributed by atoms with van der Waals surface area (Å²) < 4.78 is 5.65. The van der Waals surface area contributed by atoms with Crippen molar-refractivity contribution in [1.29, 1.82) is 0 Å². The van der Waals surface area contributed by atoms with Crippen LogP contribution in [0.3, 0.4) is 0 Å². The van der Waals surface area contributed by atoms with Gasteiger partial charge in [-0.3, -0.25) is 9.59 Å². The van der Waals surface area contributed by atoms with Crippen molar-refractivity contribution >= 4 is 11.8 Å². The van der Waals surface area contributed by atoms with Gasteiger partial charge in [0.2, 0.25) is 11.8 Å². The Kier molecular flexibility index (Phi) is 6.61. The van der Waals surface area contributed by atoms with Gasteiger partial charge < -0.3 is 20.7 Å². The fraction of sp³-hybridized carbons (Fsp3) is 0.556. The topological polar surface area (TPSA) is 84.7 Å². The van der Waals surface area contributed by atoms with Gasteiger partial charge in [-0.1, -0.05) is 18.2 Å². The Bertz CT molecular complexity index is 568. The van der Waals surface area contributed by atoms with E-state index < -0.39 is 6.04 Å². The Hall–Kier alpha value is -2.08. The van der Waals surface area contributed by atoms with Crippen LogP contribution >= 0.6 is 0 Å². The second-order valence-corrected chi connectivity index (χ2v) is 6.15. The van der Waals surface area contributed by atoms with Crippen LogP contribution < -0.4 is 15.8 Å². The van der Waals surface area contributed by atoms with Gasteiger partial charge in [0.15, 0.2) is 0 Å². The van der Waals surface area contributed by atoms with Crippen LogP contribution in [-0.4, -0.2) is 42.5 Å². The number of piperidine rings is 1. The minimum Gasteiger partial charge on any atom is -0.494 e. The summed E-state index contributed by atoms with van der Waals surface area (Å²) in [7, 11) is 0. The Morgan fingerprint density at radius 3 is 2.62 bits per heavy atom. The van der Waals surface area contributed by atoms with Gasteiger partial charge in [0.1, 0.15) is 5.75 Å². The summed E-state index contributed by atoms with van der Waals surface area (Å²) in [5, 5.41) is 2.88. The monoisotopic (exact) mass is 333 g/mol. The summed E-state index contributed by atoms with van der Waals surface area (Å²) in [4.78, 5) is 26.1. The average Bonchev–Trinajstić information content (AvgIpc) is 2.55. The molecule has 1 aromatic carbocycles. The van der Waals surface area contributed by atoms with Gasteiger partial charge in [-0.05, 0) is 25.8 Å². The van der Waals surface area contributed by atoms with Gasteiger partial charge in [0.25, 0.3) is 0 Å². The lowest BCUT2D eigenvalue weighted by Crippen LogP contribution is -2.44. The molecular weight excluding hydrogens is 306 g/mol. The standard InChI is InChI=1S/C18H27N3O3/c1-3-24-17-7-5-4-6-15(17)16(20-13(2)22)12-18(23)21-10-8-14(19)9-11-21/h4-7,14,16H,3,8-12,19H2,1-2H3,(H,20,22). The highest BCUT2D eigenvalue weighted by atomic mass is 16.5. The smallest absolute Gasteiger partial charge is 0.224 e. The van der Waals surface area contributed by atoms with Crippen LogP contribution in [0.1, 0.15) is 44.7 Å². The van der Waals surface area contributed by atoms with Crippen LogP contribution in [0.4, 0.5) is 0 Å². The number of benzene rings is 1. The number of likely N-dealkylation sites (tertiary alicyclic amines) is 1. The fourth-order valence-electron chi connectivity index (χ4n) is 2.99. The van der Waals surface area contributed by atoms with Crippen LogP contribution in [0.2, 0.25) is 0 Å². The van der Waals surface area contributed by atoms with Crippen molar-refractivity contribution in [3.05, 3.63) is 29.8 Å². The molecule has 0 spiro atoms. The molecule has 1 unspecified atom stereocenters. The molecule has 24 heavy (non-hydrogen) atoms. The number of nitrogens with two attached hydrogens (primary N) is 1. The molecule has 0 bridgehead atoms. The van der Waals surface area contributed by atoms with Gasteiger partial charge in [0, 0.05) is 31.6 Å². The maximum Gasteiger partial charge on any atom is 0.224 e. The van der Waals surface area contributed by atoms with Crippen LogP contribution in [0.5, 0.6) is 5.75 Å². The lowest BCUT2D eigenvalue weighted by Gasteiger charge is -2.31. The summed E-state index contributed by atoms with van der Waals surface area (Å²) in [5.74, 6) is 0.568. The molecule has 6 heteroatoms. The van der Waals surface area contributed by atoms with E-state index in [9.17, 15) is 9.59 Å². The molecule has 0 aliphatic carbocycles. The molecule has 0 aromatic heterocycles. The number of hydrogen-bond donors (Lipinski definition) is 2. The zero-order valence-corrected chi connectivity index (χ0v) is 14.5. The van der Waals surface area contributed by atoms with Crippen molar-refractivity contribution in [3.63, 3.8) is 0 Å². The molecule has 0 saturated carbocycles. The molecule has 1 saturated heterocycles. The lowest BCUT2D eigenvalue weighted by molar-refractivity contribution is -0.133. The molecule has 1 aliphatic rings. The van der Waals surface area contributed by atoms with Gasteiger partial charge in [-0.2, -0.15) is 0 Å². The SMILES string of the molecule is CCOc1ccccc1C(CC(=O)N1CCC(N)CC1)NC(C)=O. The van der Waals surface area contributed by atoms with Gasteiger partial charge in [-0.25, -0.2) is 0 Å². The van der Waals surface area contributed by atoms with Crippen molar-refractivity contribution in [2.24, 2.45) is 5.73 Å². The fourth-order valence-corrected chi connectivity index (χ4v) is 2.99. The Morgan fingerprint density at radius 2 is 2.00 bits per heavy atom. The normalized spacial score (nSPS) is 16.5. The third-order valence-corrected chi connectivity index (χ3v) is 4.24. The van der Waals surface area contributed by atoms with Crippen molar-refractivity contribution in [3.8, 4) is 5.75 Å². The number of nitrogens with zero attached hydrogens (tertiary/aromatic N) is 1. The molecule has 6 nitrogen and oxygen atoms in total. The molecule has 132 valence electrons. The van der Waals surface area contributed by atoms with Gasteiger partial charge in [-0.15, -0.1) is 0 Å². The first-order valence-corrected chi connectivity index (χ1v) is 8.53. The van der Waals surface area contributed by atoms with E-state index in [1.54, 1.807) is 0 Å². The maximum absolute atomic E-state index is 12.6. The number of rotatable bonds is 6. The summed E-state index contributed by atoms with van der Waals surface area (Å²) in [6.45, 7) is 5.26. The number of nitrogens with one attached hydrogen (secondary N) is 1. The van der Waals surface area contributed by atoms with E-state index >= 15 is 0 Å². The predicted molar refractivity (Wildman–Crippen MR) is 92.6 cm³/mol. The first-order chi connectivity index (χ1) is 11.5.